The van der Waals surface area contributed by atoms with Crippen LogP contribution in [0.2, 0.25) is 5.02 Å². The van der Waals surface area contributed by atoms with Crippen LogP contribution in [0.1, 0.15) is 15.9 Å². The van der Waals surface area contributed by atoms with Crippen LogP contribution in [0.15, 0.2) is 12.1 Å². The summed E-state index contributed by atoms with van der Waals surface area (Å²) in [6.45, 7) is 0. The van der Waals surface area contributed by atoms with Crippen LogP contribution >= 0.6 is 11.6 Å². The summed E-state index contributed by atoms with van der Waals surface area (Å²) in [6, 6.07) is 4.58. The highest BCUT2D eigenvalue weighted by atomic mass is 35.5. The summed E-state index contributed by atoms with van der Waals surface area (Å²) in [7, 11) is 1.22. The van der Waals surface area contributed by atoms with Crippen LogP contribution < -0.4 is 5.73 Å². The SMILES string of the molecule is COC(=O)c1cc(N)cc(Cl)c1C#N. The number of ether oxygens (including phenoxy) is 1. The van der Waals surface area contributed by atoms with E-state index in [1.54, 1.807) is 0 Å². The zero-order chi connectivity index (χ0) is 10.7. The fourth-order valence-electron chi connectivity index (χ4n) is 1.01. The number of hydrogen-bond acceptors (Lipinski definition) is 4. The lowest BCUT2D eigenvalue weighted by atomic mass is 10.1. The zero-order valence-electron chi connectivity index (χ0n) is 7.37. The van der Waals surface area contributed by atoms with Crippen molar-refractivity contribution in [3.63, 3.8) is 0 Å². The lowest BCUT2D eigenvalue weighted by Crippen LogP contribution is -2.05. The number of nitrogens with two attached hydrogens (primary N) is 1. The highest BCUT2D eigenvalue weighted by molar-refractivity contribution is 6.32. The molecule has 0 atom stereocenters. The molecule has 2 N–H and O–H groups in total. The molecule has 0 bridgehead atoms. The lowest BCUT2D eigenvalue weighted by Gasteiger charge is -2.04. The minimum absolute atomic E-state index is 0.0766. The van der Waals surface area contributed by atoms with Crippen molar-refractivity contribution in [2.75, 3.05) is 12.8 Å². The quantitative estimate of drug-likeness (QED) is 0.564. The molecule has 0 fully saturated rings. The molecule has 1 aromatic rings. The fraction of sp³-hybridized carbons (Fsp3) is 0.111. The second-order valence-corrected chi connectivity index (χ2v) is 2.94. The number of halogens is 1. The molecule has 0 amide bonds. The third kappa shape index (κ3) is 1.78. The van der Waals surface area contributed by atoms with Crippen molar-refractivity contribution in [2.24, 2.45) is 0 Å². The second-order valence-electron chi connectivity index (χ2n) is 2.53. The number of esters is 1. The van der Waals surface area contributed by atoms with Gasteiger partial charge in [0.05, 0.1) is 23.3 Å². The van der Waals surface area contributed by atoms with Crippen molar-refractivity contribution in [3.05, 3.63) is 28.3 Å². The van der Waals surface area contributed by atoms with Gasteiger partial charge in [-0.2, -0.15) is 5.26 Å². The monoisotopic (exact) mass is 210 g/mol. The number of benzene rings is 1. The van der Waals surface area contributed by atoms with E-state index >= 15 is 0 Å². The maximum atomic E-state index is 11.2. The highest BCUT2D eigenvalue weighted by Gasteiger charge is 2.15. The number of methoxy groups -OCH3 is 1. The van der Waals surface area contributed by atoms with Gasteiger partial charge in [0.1, 0.15) is 6.07 Å². The van der Waals surface area contributed by atoms with Crippen molar-refractivity contribution in [1.29, 1.82) is 5.26 Å². The number of nitriles is 1. The molecule has 0 spiro atoms. The van der Waals surface area contributed by atoms with Gasteiger partial charge in [-0.1, -0.05) is 11.6 Å². The number of rotatable bonds is 1. The van der Waals surface area contributed by atoms with E-state index in [-0.39, 0.29) is 16.1 Å². The van der Waals surface area contributed by atoms with Crippen molar-refractivity contribution >= 4 is 23.3 Å². The van der Waals surface area contributed by atoms with Crippen molar-refractivity contribution < 1.29 is 9.53 Å². The molecule has 1 aromatic carbocycles. The molecule has 14 heavy (non-hydrogen) atoms. The molecule has 0 saturated heterocycles. The zero-order valence-corrected chi connectivity index (χ0v) is 8.13. The summed E-state index contributed by atoms with van der Waals surface area (Å²) in [5, 5.41) is 8.90. The first-order valence-corrected chi connectivity index (χ1v) is 4.05. The van der Waals surface area contributed by atoms with Crippen LogP contribution in [-0.4, -0.2) is 13.1 Å². The van der Waals surface area contributed by atoms with Gasteiger partial charge in [-0.25, -0.2) is 4.79 Å². The Bertz CT molecular complexity index is 424. The summed E-state index contributed by atoms with van der Waals surface area (Å²) in [4.78, 5) is 11.2. The van der Waals surface area contributed by atoms with Gasteiger partial charge in [0.25, 0.3) is 0 Å². The number of carbonyl (C=O) groups is 1. The van der Waals surface area contributed by atoms with Crippen LogP contribution in [0.5, 0.6) is 0 Å². The molecular formula is C9H7ClN2O2. The van der Waals surface area contributed by atoms with Crippen molar-refractivity contribution in [1.82, 2.24) is 0 Å². The van der Waals surface area contributed by atoms with Crippen LogP contribution in [0.3, 0.4) is 0 Å². The Hall–Kier alpha value is -1.73. The molecular weight excluding hydrogens is 204 g/mol. The molecule has 0 unspecified atom stereocenters. The number of anilines is 1. The first-order valence-electron chi connectivity index (χ1n) is 3.67. The van der Waals surface area contributed by atoms with Gasteiger partial charge in [-0.15, -0.1) is 0 Å². The molecule has 0 heterocycles. The first-order chi connectivity index (χ1) is 6.60. The third-order valence-electron chi connectivity index (χ3n) is 1.63. The van der Waals surface area contributed by atoms with E-state index in [9.17, 15) is 4.79 Å². The summed E-state index contributed by atoms with van der Waals surface area (Å²) in [5.41, 5.74) is 5.95. The number of carbonyl (C=O) groups excluding carboxylic acids is 1. The normalized spacial score (nSPS) is 9.21. The molecule has 4 nitrogen and oxygen atoms in total. The third-order valence-corrected chi connectivity index (χ3v) is 1.93. The molecule has 0 saturated carbocycles. The average molecular weight is 211 g/mol. The average Bonchev–Trinajstić information content (AvgIpc) is 2.15. The Morgan fingerprint density at radius 2 is 2.29 bits per heavy atom. The van der Waals surface area contributed by atoms with E-state index in [0.29, 0.717) is 5.69 Å². The van der Waals surface area contributed by atoms with Crippen LogP contribution in [-0.2, 0) is 4.74 Å². The molecule has 0 aliphatic carbocycles. The Morgan fingerprint density at radius 1 is 1.64 bits per heavy atom. The predicted molar refractivity (Wildman–Crippen MR) is 51.9 cm³/mol. The first kappa shape index (κ1) is 10.4. The molecule has 0 aliphatic rings. The van der Waals surface area contributed by atoms with Gasteiger partial charge in [-0.3, -0.25) is 0 Å². The Morgan fingerprint density at radius 3 is 2.79 bits per heavy atom. The van der Waals surface area contributed by atoms with Gasteiger partial charge in [-0.05, 0) is 12.1 Å². The number of nitrogens with zero attached hydrogens (tertiary/aromatic N) is 1. The van der Waals surface area contributed by atoms with Crippen LogP contribution in [0.4, 0.5) is 5.69 Å². The van der Waals surface area contributed by atoms with Gasteiger partial charge in [0, 0.05) is 5.69 Å². The maximum absolute atomic E-state index is 11.2. The smallest absolute Gasteiger partial charge is 0.339 e. The molecule has 0 radical (unpaired) electrons. The molecule has 72 valence electrons. The maximum Gasteiger partial charge on any atom is 0.339 e. The van der Waals surface area contributed by atoms with E-state index < -0.39 is 5.97 Å². The fourth-order valence-corrected chi connectivity index (χ4v) is 1.28. The second kappa shape index (κ2) is 3.99. The lowest BCUT2D eigenvalue weighted by molar-refractivity contribution is 0.0600. The predicted octanol–water partition coefficient (Wildman–Crippen LogP) is 1.58. The van der Waals surface area contributed by atoms with Gasteiger partial charge in [0.2, 0.25) is 0 Å². The topological polar surface area (TPSA) is 76.1 Å². The summed E-state index contributed by atoms with van der Waals surface area (Å²) < 4.78 is 4.48. The Labute approximate surface area is 85.8 Å². The minimum Gasteiger partial charge on any atom is -0.465 e. The molecule has 1 rings (SSSR count). The molecule has 0 aromatic heterocycles. The van der Waals surface area contributed by atoms with E-state index in [2.05, 4.69) is 4.74 Å². The van der Waals surface area contributed by atoms with Gasteiger partial charge in [0.15, 0.2) is 0 Å². The number of nitrogen functional groups attached to an aromatic ring is 1. The van der Waals surface area contributed by atoms with Crippen LogP contribution in [0, 0.1) is 11.3 Å². The van der Waals surface area contributed by atoms with Crippen molar-refractivity contribution in [2.45, 2.75) is 0 Å². The van der Waals surface area contributed by atoms with Gasteiger partial charge < -0.3 is 10.5 Å². The molecule has 5 heteroatoms. The van der Waals surface area contributed by atoms with E-state index in [1.165, 1.54) is 19.2 Å². The Kier molecular flexibility index (Phi) is 2.95. The summed E-state index contributed by atoms with van der Waals surface area (Å²) in [6.07, 6.45) is 0. The van der Waals surface area contributed by atoms with Crippen molar-refractivity contribution in [3.8, 4) is 6.07 Å². The minimum atomic E-state index is -0.629. The van der Waals surface area contributed by atoms with E-state index in [1.807, 2.05) is 6.07 Å². The largest absolute Gasteiger partial charge is 0.465 e. The van der Waals surface area contributed by atoms with E-state index in [4.69, 9.17) is 22.6 Å². The summed E-state index contributed by atoms with van der Waals surface area (Å²) in [5.74, 6) is -0.629. The Balaban J connectivity index is 3.41. The van der Waals surface area contributed by atoms with E-state index in [0.717, 1.165) is 0 Å². The van der Waals surface area contributed by atoms with Gasteiger partial charge >= 0.3 is 5.97 Å². The van der Waals surface area contributed by atoms with Crippen LogP contribution in [0.25, 0.3) is 0 Å². The molecule has 0 aliphatic heterocycles. The number of hydrogen-bond donors (Lipinski definition) is 1. The summed E-state index contributed by atoms with van der Waals surface area (Å²) >= 11 is 5.73. The standard InChI is InChI=1S/C9H7ClN2O2/c1-14-9(13)6-2-5(12)3-8(10)7(6)4-11/h2-3H,12H2,1H3. The highest BCUT2D eigenvalue weighted by Crippen LogP contribution is 2.23.